The van der Waals surface area contributed by atoms with Crippen LogP contribution in [0.25, 0.3) is 0 Å². The molecule has 2 atom stereocenters. The molecule has 0 aromatic carbocycles. The Labute approximate surface area is 108 Å². The summed E-state index contributed by atoms with van der Waals surface area (Å²) in [7, 11) is 0. The smallest absolute Gasteiger partial charge is 0.0948 e. The van der Waals surface area contributed by atoms with Crippen molar-refractivity contribution in [1.29, 1.82) is 0 Å². The molecular formula is C13H23N3O2. The minimum Gasteiger partial charge on any atom is -0.382 e. The lowest BCUT2D eigenvalue weighted by Gasteiger charge is -2.19. The zero-order valence-electron chi connectivity index (χ0n) is 11.0. The molecule has 5 heteroatoms. The molecule has 1 aromatic heterocycles. The highest BCUT2D eigenvalue weighted by atomic mass is 16.5. The molecule has 18 heavy (non-hydrogen) atoms. The molecule has 1 saturated heterocycles. The van der Waals surface area contributed by atoms with E-state index in [1.165, 1.54) is 0 Å². The normalized spacial score (nSPS) is 21.3. The van der Waals surface area contributed by atoms with E-state index in [1.54, 1.807) is 0 Å². The van der Waals surface area contributed by atoms with Gasteiger partial charge in [0.1, 0.15) is 0 Å². The Morgan fingerprint density at radius 2 is 2.56 bits per heavy atom. The first-order valence-electron chi connectivity index (χ1n) is 6.74. The molecule has 2 heterocycles. The third-order valence-corrected chi connectivity index (χ3v) is 3.45. The Balaban J connectivity index is 1.89. The maximum atomic E-state index is 6.30. The zero-order chi connectivity index (χ0) is 12.8. The average Bonchev–Trinajstić information content (AvgIpc) is 3.04. The van der Waals surface area contributed by atoms with Crippen LogP contribution in [0.5, 0.6) is 0 Å². The molecular weight excluding hydrogens is 230 g/mol. The summed E-state index contributed by atoms with van der Waals surface area (Å²) in [5.74, 6) is 0.423. The number of hydrogen-bond donors (Lipinski definition) is 1. The minimum atomic E-state index is 0.0297. The quantitative estimate of drug-likeness (QED) is 0.745. The first-order valence-corrected chi connectivity index (χ1v) is 6.74. The van der Waals surface area contributed by atoms with Crippen molar-refractivity contribution >= 4 is 0 Å². The van der Waals surface area contributed by atoms with Gasteiger partial charge in [-0.25, -0.2) is 4.98 Å². The molecule has 0 aliphatic carbocycles. The SMILES string of the molecule is CCOCCCn1cncc1C(N)C1CCOC1. The highest BCUT2D eigenvalue weighted by molar-refractivity contribution is 5.07. The van der Waals surface area contributed by atoms with Gasteiger partial charge < -0.3 is 19.8 Å². The second-order valence-electron chi connectivity index (χ2n) is 4.71. The highest BCUT2D eigenvalue weighted by Crippen LogP contribution is 2.26. The summed E-state index contributed by atoms with van der Waals surface area (Å²) in [6.07, 6.45) is 5.77. The van der Waals surface area contributed by atoms with Gasteiger partial charge in [0.2, 0.25) is 0 Å². The maximum Gasteiger partial charge on any atom is 0.0948 e. The van der Waals surface area contributed by atoms with Gasteiger partial charge >= 0.3 is 0 Å². The number of aryl methyl sites for hydroxylation is 1. The van der Waals surface area contributed by atoms with Crippen molar-refractivity contribution in [2.75, 3.05) is 26.4 Å². The van der Waals surface area contributed by atoms with E-state index in [2.05, 4.69) is 9.55 Å². The largest absolute Gasteiger partial charge is 0.382 e. The third kappa shape index (κ3) is 3.31. The van der Waals surface area contributed by atoms with Gasteiger partial charge in [-0.2, -0.15) is 0 Å². The summed E-state index contributed by atoms with van der Waals surface area (Å²) < 4.78 is 12.9. The average molecular weight is 253 g/mol. The van der Waals surface area contributed by atoms with E-state index >= 15 is 0 Å². The Morgan fingerprint density at radius 1 is 1.67 bits per heavy atom. The van der Waals surface area contributed by atoms with E-state index in [0.717, 1.165) is 51.5 Å². The molecule has 1 aromatic rings. The summed E-state index contributed by atoms with van der Waals surface area (Å²) in [5.41, 5.74) is 7.42. The number of aromatic nitrogens is 2. The fourth-order valence-corrected chi connectivity index (χ4v) is 2.35. The van der Waals surface area contributed by atoms with E-state index < -0.39 is 0 Å². The van der Waals surface area contributed by atoms with Crippen molar-refractivity contribution in [2.24, 2.45) is 11.7 Å². The maximum absolute atomic E-state index is 6.30. The zero-order valence-corrected chi connectivity index (χ0v) is 11.0. The van der Waals surface area contributed by atoms with E-state index in [-0.39, 0.29) is 6.04 Å². The van der Waals surface area contributed by atoms with Crippen LogP contribution in [0.2, 0.25) is 0 Å². The molecule has 2 rings (SSSR count). The topological polar surface area (TPSA) is 62.3 Å². The molecule has 0 amide bonds. The van der Waals surface area contributed by atoms with E-state index in [0.29, 0.717) is 5.92 Å². The second kappa shape index (κ2) is 6.87. The molecule has 1 aliphatic rings. The van der Waals surface area contributed by atoms with Gasteiger partial charge in [-0.05, 0) is 19.8 Å². The molecule has 2 unspecified atom stereocenters. The van der Waals surface area contributed by atoms with Crippen LogP contribution in [-0.4, -0.2) is 36.0 Å². The monoisotopic (exact) mass is 253 g/mol. The molecule has 0 radical (unpaired) electrons. The van der Waals surface area contributed by atoms with Gasteiger partial charge in [-0.15, -0.1) is 0 Å². The molecule has 2 N–H and O–H groups in total. The lowest BCUT2D eigenvalue weighted by atomic mass is 9.97. The number of imidazole rings is 1. The van der Waals surface area contributed by atoms with Crippen molar-refractivity contribution in [3.8, 4) is 0 Å². The summed E-state index contributed by atoms with van der Waals surface area (Å²) in [6, 6.07) is 0.0297. The lowest BCUT2D eigenvalue weighted by Crippen LogP contribution is -2.24. The highest BCUT2D eigenvalue weighted by Gasteiger charge is 2.26. The van der Waals surface area contributed by atoms with Gasteiger partial charge in [0.05, 0.1) is 24.7 Å². The van der Waals surface area contributed by atoms with Gasteiger partial charge in [0, 0.05) is 38.5 Å². The molecule has 0 saturated carbocycles. The van der Waals surface area contributed by atoms with Crippen molar-refractivity contribution in [1.82, 2.24) is 9.55 Å². The molecule has 1 aliphatic heterocycles. The molecule has 1 fully saturated rings. The van der Waals surface area contributed by atoms with Crippen molar-refractivity contribution in [2.45, 2.75) is 32.4 Å². The molecule has 0 spiro atoms. The minimum absolute atomic E-state index is 0.0297. The van der Waals surface area contributed by atoms with E-state index in [1.807, 2.05) is 19.4 Å². The molecule has 5 nitrogen and oxygen atoms in total. The van der Waals surface area contributed by atoms with Crippen LogP contribution in [0.15, 0.2) is 12.5 Å². The Kier molecular flexibility index (Phi) is 5.16. The van der Waals surface area contributed by atoms with Crippen LogP contribution in [0, 0.1) is 5.92 Å². The van der Waals surface area contributed by atoms with Crippen LogP contribution in [-0.2, 0) is 16.0 Å². The summed E-state index contributed by atoms with van der Waals surface area (Å²) in [6.45, 7) is 6.09. The van der Waals surface area contributed by atoms with Crippen LogP contribution >= 0.6 is 0 Å². The predicted molar refractivity (Wildman–Crippen MR) is 69.2 cm³/mol. The molecule has 102 valence electrons. The van der Waals surface area contributed by atoms with Crippen LogP contribution < -0.4 is 5.73 Å². The lowest BCUT2D eigenvalue weighted by molar-refractivity contribution is 0.141. The fraction of sp³-hybridized carbons (Fsp3) is 0.769. The first kappa shape index (κ1) is 13.5. The van der Waals surface area contributed by atoms with Crippen molar-refractivity contribution in [3.05, 3.63) is 18.2 Å². The van der Waals surface area contributed by atoms with Crippen LogP contribution in [0.4, 0.5) is 0 Å². The fourth-order valence-electron chi connectivity index (χ4n) is 2.35. The molecule has 0 bridgehead atoms. The Hall–Kier alpha value is -0.910. The van der Waals surface area contributed by atoms with Gasteiger partial charge in [-0.1, -0.05) is 0 Å². The van der Waals surface area contributed by atoms with Crippen molar-refractivity contribution < 1.29 is 9.47 Å². The third-order valence-electron chi connectivity index (χ3n) is 3.45. The number of rotatable bonds is 7. The Bertz CT molecular complexity index is 348. The number of hydrogen-bond acceptors (Lipinski definition) is 4. The van der Waals surface area contributed by atoms with E-state index in [4.69, 9.17) is 15.2 Å². The Morgan fingerprint density at radius 3 is 3.28 bits per heavy atom. The van der Waals surface area contributed by atoms with Gasteiger partial charge in [-0.3, -0.25) is 0 Å². The van der Waals surface area contributed by atoms with Crippen LogP contribution in [0.1, 0.15) is 31.5 Å². The second-order valence-corrected chi connectivity index (χ2v) is 4.71. The number of nitrogens with zero attached hydrogens (tertiary/aromatic N) is 2. The van der Waals surface area contributed by atoms with E-state index in [9.17, 15) is 0 Å². The summed E-state index contributed by atoms with van der Waals surface area (Å²) in [4.78, 5) is 4.21. The van der Waals surface area contributed by atoms with Gasteiger partial charge in [0.25, 0.3) is 0 Å². The number of nitrogens with two attached hydrogens (primary N) is 1. The van der Waals surface area contributed by atoms with Gasteiger partial charge in [0.15, 0.2) is 0 Å². The summed E-state index contributed by atoms with van der Waals surface area (Å²) >= 11 is 0. The van der Waals surface area contributed by atoms with Crippen molar-refractivity contribution in [3.63, 3.8) is 0 Å². The first-order chi connectivity index (χ1) is 8.83. The van der Waals surface area contributed by atoms with Crippen LogP contribution in [0.3, 0.4) is 0 Å². The summed E-state index contributed by atoms with van der Waals surface area (Å²) in [5, 5.41) is 0. The standard InChI is InChI=1S/C13H23N3O2/c1-2-17-6-3-5-16-10-15-8-12(16)13(14)11-4-7-18-9-11/h8,10-11,13H,2-7,9,14H2,1H3. The number of ether oxygens (including phenoxy) is 2. The predicted octanol–water partition coefficient (Wildman–Crippen LogP) is 1.35.